The highest BCUT2D eigenvalue weighted by atomic mass is 19.2. The monoisotopic (exact) mass is 403 g/mol. The normalized spacial score (nSPS) is 26.9. The van der Waals surface area contributed by atoms with Gasteiger partial charge in [-0.05, 0) is 6.07 Å². The number of carbonyl (C=O) groups is 2. The van der Waals surface area contributed by atoms with Crippen molar-refractivity contribution in [2.45, 2.75) is 45.1 Å². The fourth-order valence-electron chi connectivity index (χ4n) is 2.34. The predicted molar refractivity (Wildman–Crippen MR) is 90.5 cm³/mol. The lowest BCUT2D eigenvalue weighted by Gasteiger charge is -2.23. The van der Waals surface area contributed by atoms with Gasteiger partial charge >= 0.3 is 17.6 Å². The molecule has 1 aromatic heterocycles. The smallest absolute Gasteiger partial charge is 0.351 e. The van der Waals surface area contributed by atoms with Crippen LogP contribution in [0.4, 0.5) is 10.2 Å². The number of ether oxygens (including phenoxy) is 3. The molecule has 11 nitrogen and oxygen atoms in total. The van der Waals surface area contributed by atoms with Gasteiger partial charge in [0.15, 0.2) is 19.6 Å². The molecule has 0 saturated carbocycles. The van der Waals surface area contributed by atoms with Crippen LogP contribution in [0.3, 0.4) is 0 Å². The summed E-state index contributed by atoms with van der Waals surface area (Å²) in [7, 11) is 0. The molecule has 1 aliphatic rings. The van der Waals surface area contributed by atoms with Gasteiger partial charge in [0.05, 0.1) is 5.92 Å². The van der Waals surface area contributed by atoms with Gasteiger partial charge in [-0.1, -0.05) is 13.8 Å². The van der Waals surface area contributed by atoms with Crippen molar-refractivity contribution in [1.82, 2.24) is 9.55 Å². The molecule has 1 aromatic rings. The number of aliphatic hydroxyl groups excluding tert-OH is 2. The van der Waals surface area contributed by atoms with E-state index in [0.29, 0.717) is 0 Å². The van der Waals surface area contributed by atoms with Gasteiger partial charge in [0.2, 0.25) is 0 Å². The first-order chi connectivity index (χ1) is 13.0. The number of halogens is 1. The van der Waals surface area contributed by atoms with Gasteiger partial charge in [-0.3, -0.25) is 14.2 Å². The topological polar surface area (TPSA) is 149 Å². The molecule has 1 saturated heterocycles. The average molecular weight is 403 g/mol. The lowest BCUT2D eigenvalue weighted by Crippen LogP contribution is -2.43. The zero-order valence-corrected chi connectivity index (χ0v) is 15.5. The molecule has 3 N–H and O–H groups in total. The number of alkyl halides is 1. The predicted octanol–water partition coefficient (Wildman–Crippen LogP) is -0.709. The van der Waals surface area contributed by atoms with Crippen molar-refractivity contribution in [3.63, 3.8) is 0 Å². The van der Waals surface area contributed by atoms with E-state index in [4.69, 9.17) is 9.47 Å². The minimum Gasteiger partial charge on any atom is -0.459 e. The first-order valence-corrected chi connectivity index (χ1v) is 8.41. The Labute approximate surface area is 159 Å². The Morgan fingerprint density at radius 3 is 2.68 bits per heavy atom. The first-order valence-electron chi connectivity index (χ1n) is 8.41. The molecule has 2 rings (SSSR count). The van der Waals surface area contributed by atoms with Crippen molar-refractivity contribution in [2.24, 2.45) is 5.92 Å². The van der Waals surface area contributed by atoms with E-state index in [9.17, 15) is 29.0 Å². The van der Waals surface area contributed by atoms with Crippen LogP contribution in [-0.2, 0) is 23.8 Å². The molecule has 12 heteroatoms. The van der Waals surface area contributed by atoms with Crippen LogP contribution in [0, 0.1) is 5.92 Å². The van der Waals surface area contributed by atoms with E-state index >= 15 is 0 Å². The summed E-state index contributed by atoms with van der Waals surface area (Å²) in [4.78, 5) is 38.0. The maximum atomic E-state index is 14.9. The van der Waals surface area contributed by atoms with Gasteiger partial charge in [0.1, 0.15) is 18.0 Å². The number of carbonyl (C=O) groups excluding carboxylic acids is 2. The molecular formula is C16H22FN3O8. The number of hydrogen-bond donors (Lipinski definition) is 3. The molecule has 0 unspecified atom stereocenters. The SMILES string of the molecule is CC(=O)OCNc1ccn([C@@H]2O[C@](F)(COC(=O)C(C)C)[C@@H](O)[C@H]2O)c(=O)n1. The Hall–Kier alpha value is -2.57. The number of nitrogens with zero attached hydrogens (tertiary/aromatic N) is 2. The van der Waals surface area contributed by atoms with Crippen LogP contribution in [0.25, 0.3) is 0 Å². The standard InChI is InChI=1S/C16H22FN3O8/c1-8(2)14(24)26-6-16(17)12(23)11(22)13(28-16)20-5-4-10(19-15(20)25)18-7-27-9(3)21/h4-5,8,11-13,22-23H,6-7H2,1-3H3,(H,18,19,25)/t11-,12+,13-,16-/m1/s1. The summed E-state index contributed by atoms with van der Waals surface area (Å²) in [6.07, 6.45) is -4.33. The lowest BCUT2D eigenvalue weighted by atomic mass is 10.1. The van der Waals surface area contributed by atoms with Crippen molar-refractivity contribution >= 4 is 17.8 Å². The van der Waals surface area contributed by atoms with Crippen LogP contribution in [0.1, 0.15) is 27.0 Å². The van der Waals surface area contributed by atoms with Crippen LogP contribution >= 0.6 is 0 Å². The minimum atomic E-state index is -2.90. The minimum absolute atomic E-state index is 0.0629. The summed E-state index contributed by atoms with van der Waals surface area (Å²) in [5.41, 5.74) is -0.924. The first kappa shape index (κ1) is 21.7. The van der Waals surface area contributed by atoms with Crippen molar-refractivity contribution in [1.29, 1.82) is 0 Å². The van der Waals surface area contributed by atoms with E-state index in [-0.39, 0.29) is 12.5 Å². The average Bonchev–Trinajstić information content (AvgIpc) is 2.84. The Bertz CT molecular complexity index is 785. The van der Waals surface area contributed by atoms with E-state index in [1.807, 2.05) is 0 Å². The molecule has 156 valence electrons. The molecule has 4 atom stereocenters. The molecule has 0 aliphatic carbocycles. The van der Waals surface area contributed by atoms with Gasteiger partial charge in [-0.15, -0.1) is 0 Å². The highest BCUT2D eigenvalue weighted by molar-refractivity contribution is 5.71. The second-order valence-corrected chi connectivity index (χ2v) is 6.45. The maximum Gasteiger partial charge on any atom is 0.351 e. The van der Waals surface area contributed by atoms with Gasteiger partial charge in [-0.25, -0.2) is 9.18 Å². The number of nitrogens with one attached hydrogen (secondary N) is 1. The van der Waals surface area contributed by atoms with E-state index < -0.39 is 54.4 Å². The van der Waals surface area contributed by atoms with Crippen LogP contribution < -0.4 is 11.0 Å². The Kier molecular flexibility index (Phi) is 6.69. The van der Waals surface area contributed by atoms with Gasteiger partial charge in [-0.2, -0.15) is 4.98 Å². The quantitative estimate of drug-likeness (QED) is 0.394. The number of hydrogen-bond acceptors (Lipinski definition) is 10. The van der Waals surface area contributed by atoms with Crippen LogP contribution in [0.15, 0.2) is 17.1 Å². The number of aliphatic hydroxyl groups is 2. The van der Waals surface area contributed by atoms with E-state index in [0.717, 1.165) is 10.8 Å². The Morgan fingerprint density at radius 1 is 1.43 bits per heavy atom. The van der Waals surface area contributed by atoms with Gasteiger partial charge < -0.3 is 29.7 Å². The summed E-state index contributed by atoms with van der Waals surface area (Å²) in [5, 5.41) is 22.6. The van der Waals surface area contributed by atoms with Gasteiger partial charge in [0.25, 0.3) is 5.85 Å². The molecular weight excluding hydrogens is 381 g/mol. The Morgan fingerprint density at radius 2 is 2.11 bits per heavy atom. The van der Waals surface area contributed by atoms with Crippen LogP contribution in [0.5, 0.6) is 0 Å². The van der Waals surface area contributed by atoms with E-state index in [1.54, 1.807) is 13.8 Å². The fraction of sp³-hybridized carbons (Fsp3) is 0.625. The largest absolute Gasteiger partial charge is 0.459 e. The van der Waals surface area contributed by atoms with Crippen molar-refractivity contribution in [3.8, 4) is 0 Å². The third-order valence-electron chi connectivity index (χ3n) is 3.89. The summed E-state index contributed by atoms with van der Waals surface area (Å²) in [5.74, 6) is -4.61. The molecule has 0 bridgehead atoms. The second kappa shape index (κ2) is 8.63. The molecule has 0 radical (unpaired) electrons. The second-order valence-electron chi connectivity index (χ2n) is 6.45. The lowest BCUT2D eigenvalue weighted by molar-refractivity contribution is -0.218. The zero-order chi connectivity index (χ0) is 21.1. The molecule has 28 heavy (non-hydrogen) atoms. The number of esters is 2. The van der Waals surface area contributed by atoms with E-state index in [2.05, 4.69) is 15.0 Å². The van der Waals surface area contributed by atoms with Gasteiger partial charge in [0, 0.05) is 13.1 Å². The summed E-state index contributed by atoms with van der Waals surface area (Å²) >= 11 is 0. The summed E-state index contributed by atoms with van der Waals surface area (Å²) < 4.78 is 30.0. The molecule has 0 spiro atoms. The van der Waals surface area contributed by atoms with Crippen LogP contribution in [0.2, 0.25) is 0 Å². The molecule has 1 fully saturated rings. The fourth-order valence-corrected chi connectivity index (χ4v) is 2.34. The zero-order valence-electron chi connectivity index (χ0n) is 15.5. The molecule has 2 heterocycles. The Balaban J connectivity index is 2.11. The summed E-state index contributed by atoms with van der Waals surface area (Å²) in [6.45, 7) is 3.11. The maximum absolute atomic E-state index is 14.9. The number of aromatic nitrogens is 2. The highest BCUT2D eigenvalue weighted by Crippen LogP contribution is 2.38. The summed E-state index contributed by atoms with van der Waals surface area (Å²) in [6, 6.07) is 1.30. The van der Waals surface area contributed by atoms with Crippen LogP contribution in [-0.4, -0.2) is 63.1 Å². The van der Waals surface area contributed by atoms with Crippen molar-refractivity contribution in [3.05, 3.63) is 22.7 Å². The molecule has 1 aliphatic heterocycles. The molecule has 0 aromatic carbocycles. The number of rotatable bonds is 7. The van der Waals surface area contributed by atoms with E-state index in [1.165, 1.54) is 13.0 Å². The van der Waals surface area contributed by atoms with Crippen molar-refractivity contribution in [2.75, 3.05) is 18.7 Å². The number of anilines is 1. The highest BCUT2D eigenvalue weighted by Gasteiger charge is 2.57. The van der Waals surface area contributed by atoms with Crippen molar-refractivity contribution < 1.29 is 38.4 Å². The third kappa shape index (κ3) is 4.82. The third-order valence-corrected chi connectivity index (χ3v) is 3.89. The molecule has 0 amide bonds.